The first-order chi connectivity index (χ1) is 11.2. The van der Waals surface area contributed by atoms with Crippen molar-refractivity contribution in [3.8, 4) is 0 Å². The molecule has 1 aromatic rings. The van der Waals surface area contributed by atoms with E-state index in [4.69, 9.17) is 0 Å². The fraction of sp³-hybridized carbons (Fsp3) is 0.706. The average Bonchev–Trinajstić information content (AvgIpc) is 2.63. The Morgan fingerprint density at radius 1 is 1.13 bits per heavy atom. The van der Waals surface area contributed by atoms with Crippen molar-refractivity contribution >= 4 is 11.9 Å². The van der Waals surface area contributed by atoms with E-state index in [1.165, 1.54) is 19.3 Å². The van der Waals surface area contributed by atoms with Gasteiger partial charge in [0.25, 0.3) is 0 Å². The van der Waals surface area contributed by atoms with E-state index >= 15 is 0 Å². The van der Waals surface area contributed by atoms with Gasteiger partial charge in [-0.05, 0) is 25.8 Å². The van der Waals surface area contributed by atoms with Crippen molar-refractivity contribution in [1.82, 2.24) is 20.2 Å². The number of carbonyl (C=O) groups excluding carboxylic acids is 1. The lowest BCUT2D eigenvalue weighted by atomic mass is 9.95. The minimum absolute atomic E-state index is 0.0595. The monoisotopic (exact) mass is 317 g/mol. The first-order valence-electron chi connectivity index (χ1n) is 8.80. The highest BCUT2D eigenvalue weighted by molar-refractivity contribution is 5.81. The summed E-state index contributed by atoms with van der Waals surface area (Å²) in [5.41, 5.74) is 0. The van der Waals surface area contributed by atoms with Crippen LogP contribution in [0.25, 0.3) is 0 Å². The summed E-state index contributed by atoms with van der Waals surface area (Å²) in [6, 6.07) is 2.16. The number of carbonyl (C=O) groups is 1. The highest BCUT2D eigenvalue weighted by Gasteiger charge is 2.27. The van der Waals surface area contributed by atoms with Crippen molar-refractivity contribution in [3.05, 3.63) is 18.5 Å². The molecule has 1 aliphatic heterocycles. The molecule has 1 amide bonds. The van der Waals surface area contributed by atoms with Crippen LogP contribution >= 0.6 is 0 Å². The van der Waals surface area contributed by atoms with Crippen LogP contribution < -0.4 is 10.2 Å². The molecule has 23 heavy (non-hydrogen) atoms. The molecule has 1 aromatic heterocycles. The molecule has 2 heterocycles. The second-order valence-electron chi connectivity index (χ2n) is 6.59. The third kappa shape index (κ3) is 4.19. The van der Waals surface area contributed by atoms with Crippen LogP contribution in [-0.2, 0) is 4.79 Å². The number of nitrogens with one attached hydrogen (secondary N) is 1. The highest BCUT2D eigenvalue weighted by atomic mass is 16.2. The summed E-state index contributed by atoms with van der Waals surface area (Å²) in [5, 5.41) is 3.24. The lowest BCUT2D eigenvalue weighted by Crippen LogP contribution is -2.55. The molecule has 0 spiro atoms. The molecule has 3 rings (SSSR count). The second kappa shape index (κ2) is 7.73. The minimum atomic E-state index is -0.0595. The SMILES string of the molecule is CC(C(=O)NC1CCCCC1)N1CCN(c2ncccn2)CC1. The molecule has 2 fully saturated rings. The zero-order valence-corrected chi connectivity index (χ0v) is 13.9. The zero-order chi connectivity index (χ0) is 16.1. The van der Waals surface area contributed by atoms with E-state index in [9.17, 15) is 4.79 Å². The van der Waals surface area contributed by atoms with Crippen LogP contribution in [-0.4, -0.2) is 59.0 Å². The van der Waals surface area contributed by atoms with Gasteiger partial charge in [-0.15, -0.1) is 0 Å². The molecule has 126 valence electrons. The van der Waals surface area contributed by atoms with Crippen LogP contribution in [0.1, 0.15) is 39.0 Å². The van der Waals surface area contributed by atoms with Gasteiger partial charge in [0, 0.05) is 44.6 Å². The zero-order valence-electron chi connectivity index (χ0n) is 13.9. The molecule has 1 aliphatic carbocycles. The number of amides is 1. The van der Waals surface area contributed by atoms with Crippen molar-refractivity contribution in [1.29, 1.82) is 0 Å². The Kier molecular flexibility index (Phi) is 5.43. The molecule has 1 saturated carbocycles. The molecule has 2 aliphatic rings. The molecular formula is C17H27N5O. The quantitative estimate of drug-likeness (QED) is 0.910. The molecule has 1 unspecified atom stereocenters. The lowest BCUT2D eigenvalue weighted by Gasteiger charge is -2.38. The third-order valence-corrected chi connectivity index (χ3v) is 5.03. The molecule has 1 atom stereocenters. The first kappa shape index (κ1) is 16.2. The van der Waals surface area contributed by atoms with E-state index in [1.807, 2.05) is 13.0 Å². The van der Waals surface area contributed by atoms with E-state index in [1.54, 1.807) is 12.4 Å². The van der Waals surface area contributed by atoms with Gasteiger partial charge >= 0.3 is 0 Å². The molecule has 0 aromatic carbocycles. The lowest BCUT2D eigenvalue weighted by molar-refractivity contribution is -0.127. The maximum absolute atomic E-state index is 12.5. The number of piperazine rings is 1. The number of hydrogen-bond donors (Lipinski definition) is 1. The van der Waals surface area contributed by atoms with Gasteiger partial charge in [-0.1, -0.05) is 19.3 Å². The minimum Gasteiger partial charge on any atom is -0.352 e. The van der Waals surface area contributed by atoms with Crippen molar-refractivity contribution in [2.24, 2.45) is 0 Å². The average molecular weight is 317 g/mol. The van der Waals surface area contributed by atoms with Gasteiger partial charge in [-0.3, -0.25) is 9.69 Å². The fourth-order valence-electron chi connectivity index (χ4n) is 3.50. The molecule has 0 radical (unpaired) electrons. The third-order valence-electron chi connectivity index (χ3n) is 5.03. The first-order valence-corrected chi connectivity index (χ1v) is 8.80. The van der Waals surface area contributed by atoms with Gasteiger partial charge in [-0.2, -0.15) is 0 Å². The van der Waals surface area contributed by atoms with E-state index in [0.717, 1.165) is 45.0 Å². The van der Waals surface area contributed by atoms with E-state index in [2.05, 4.69) is 25.1 Å². The van der Waals surface area contributed by atoms with Crippen molar-refractivity contribution in [3.63, 3.8) is 0 Å². The van der Waals surface area contributed by atoms with Crippen LogP contribution in [0.4, 0.5) is 5.95 Å². The predicted molar refractivity (Wildman–Crippen MR) is 90.3 cm³/mol. The Labute approximate surface area is 138 Å². The molecular weight excluding hydrogens is 290 g/mol. The van der Waals surface area contributed by atoms with Gasteiger partial charge in [-0.25, -0.2) is 9.97 Å². The normalized spacial score (nSPS) is 21.9. The Morgan fingerprint density at radius 3 is 2.43 bits per heavy atom. The predicted octanol–water partition coefficient (Wildman–Crippen LogP) is 1.44. The van der Waals surface area contributed by atoms with Crippen molar-refractivity contribution < 1.29 is 4.79 Å². The summed E-state index contributed by atoms with van der Waals surface area (Å²) in [6.07, 6.45) is 9.62. The van der Waals surface area contributed by atoms with Crippen LogP contribution in [0.2, 0.25) is 0 Å². The van der Waals surface area contributed by atoms with E-state index in [0.29, 0.717) is 6.04 Å². The van der Waals surface area contributed by atoms with E-state index in [-0.39, 0.29) is 11.9 Å². The Morgan fingerprint density at radius 2 is 1.78 bits per heavy atom. The molecule has 1 N–H and O–H groups in total. The van der Waals surface area contributed by atoms with Crippen molar-refractivity contribution in [2.75, 3.05) is 31.1 Å². The maximum atomic E-state index is 12.5. The largest absolute Gasteiger partial charge is 0.352 e. The van der Waals surface area contributed by atoms with Crippen molar-refractivity contribution in [2.45, 2.75) is 51.1 Å². The van der Waals surface area contributed by atoms with E-state index < -0.39 is 0 Å². The smallest absolute Gasteiger partial charge is 0.237 e. The van der Waals surface area contributed by atoms with Crippen LogP contribution in [0, 0.1) is 0 Å². The van der Waals surface area contributed by atoms with Gasteiger partial charge < -0.3 is 10.2 Å². The number of rotatable bonds is 4. The van der Waals surface area contributed by atoms with Gasteiger partial charge in [0.1, 0.15) is 0 Å². The fourth-order valence-corrected chi connectivity index (χ4v) is 3.50. The van der Waals surface area contributed by atoms with Crippen LogP contribution in [0.3, 0.4) is 0 Å². The van der Waals surface area contributed by atoms with Gasteiger partial charge in [0.05, 0.1) is 6.04 Å². The highest BCUT2D eigenvalue weighted by Crippen LogP contribution is 2.18. The summed E-state index contributed by atoms with van der Waals surface area (Å²) in [4.78, 5) is 25.5. The molecule has 1 saturated heterocycles. The Bertz CT molecular complexity index is 495. The summed E-state index contributed by atoms with van der Waals surface area (Å²) in [6.45, 7) is 5.50. The van der Waals surface area contributed by atoms with Crippen LogP contribution in [0.15, 0.2) is 18.5 Å². The summed E-state index contributed by atoms with van der Waals surface area (Å²) >= 11 is 0. The van der Waals surface area contributed by atoms with Crippen LogP contribution in [0.5, 0.6) is 0 Å². The molecule has 6 nitrogen and oxygen atoms in total. The number of aromatic nitrogens is 2. The summed E-state index contributed by atoms with van der Waals surface area (Å²) < 4.78 is 0. The Balaban J connectivity index is 1.47. The second-order valence-corrected chi connectivity index (χ2v) is 6.59. The maximum Gasteiger partial charge on any atom is 0.237 e. The van der Waals surface area contributed by atoms with Gasteiger partial charge in [0.15, 0.2) is 0 Å². The molecule has 0 bridgehead atoms. The topological polar surface area (TPSA) is 61.4 Å². The Hall–Kier alpha value is -1.69. The summed E-state index contributed by atoms with van der Waals surface area (Å²) in [7, 11) is 0. The van der Waals surface area contributed by atoms with Gasteiger partial charge in [0.2, 0.25) is 11.9 Å². The summed E-state index contributed by atoms with van der Waals surface area (Å²) in [5.74, 6) is 0.966. The standard InChI is InChI=1S/C17H27N5O/c1-14(16(23)20-15-6-3-2-4-7-15)21-10-12-22(13-11-21)17-18-8-5-9-19-17/h5,8-9,14-15H,2-4,6-7,10-13H2,1H3,(H,20,23). The number of anilines is 1. The molecule has 6 heteroatoms. The number of hydrogen-bond acceptors (Lipinski definition) is 5. The number of nitrogens with zero attached hydrogens (tertiary/aromatic N) is 4.